The van der Waals surface area contributed by atoms with Gasteiger partial charge in [-0.05, 0) is 12.1 Å². The molecular formula is C14H13N3O2. The van der Waals surface area contributed by atoms with Gasteiger partial charge < -0.3 is 14.8 Å². The van der Waals surface area contributed by atoms with Crippen molar-refractivity contribution in [3.63, 3.8) is 0 Å². The van der Waals surface area contributed by atoms with Crippen molar-refractivity contribution in [3.05, 3.63) is 42.2 Å². The van der Waals surface area contributed by atoms with Crippen molar-refractivity contribution in [2.24, 2.45) is 0 Å². The van der Waals surface area contributed by atoms with Crippen molar-refractivity contribution < 1.29 is 9.47 Å². The summed E-state index contributed by atoms with van der Waals surface area (Å²) in [5.74, 6) is 1.64. The quantitative estimate of drug-likeness (QED) is 0.909. The van der Waals surface area contributed by atoms with E-state index in [0.29, 0.717) is 22.8 Å². The van der Waals surface area contributed by atoms with Crippen LogP contribution in [0.2, 0.25) is 0 Å². The van der Waals surface area contributed by atoms with Gasteiger partial charge in [0, 0.05) is 19.2 Å². The lowest BCUT2D eigenvalue weighted by Gasteiger charge is -2.10. The summed E-state index contributed by atoms with van der Waals surface area (Å²) in [6.45, 7) is 0. The molecule has 0 unspecified atom stereocenters. The van der Waals surface area contributed by atoms with E-state index < -0.39 is 0 Å². The molecule has 0 aliphatic carbocycles. The highest BCUT2D eigenvalue weighted by Crippen LogP contribution is 2.32. The third kappa shape index (κ3) is 2.93. The van der Waals surface area contributed by atoms with Crippen LogP contribution in [0, 0.1) is 11.3 Å². The Kier molecular flexibility index (Phi) is 3.84. The topological polar surface area (TPSA) is 67.2 Å². The number of rotatable bonds is 4. The fourth-order valence-corrected chi connectivity index (χ4v) is 1.56. The molecule has 0 spiro atoms. The fourth-order valence-electron chi connectivity index (χ4n) is 1.56. The molecule has 1 aromatic carbocycles. The van der Waals surface area contributed by atoms with E-state index in [9.17, 15) is 0 Å². The molecule has 0 atom stereocenters. The van der Waals surface area contributed by atoms with Crippen LogP contribution in [0.1, 0.15) is 5.56 Å². The van der Waals surface area contributed by atoms with Crippen molar-refractivity contribution >= 4 is 5.69 Å². The first-order chi connectivity index (χ1) is 9.26. The lowest BCUT2D eigenvalue weighted by molar-refractivity contribution is 0.378. The van der Waals surface area contributed by atoms with Crippen LogP contribution < -0.4 is 14.8 Å². The molecule has 0 saturated carbocycles. The Balaban J connectivity index is 2.30. The van der Waals surface area contributed by atoms with Crippen molar-refractivity contribution in [1.82, 2.24) is 4.98 Å². The number of hydrogen-bond acceptors (Lipinski definition) is 5. The number of benzene rings is 1. The number of ether oxygens (including phenoxy) is 2. The molecule has 1 N–H and O–H groups in total. The number of nitrogens with zero attached hydrogens (tertiary/aromatic N) is 2. The first kappa shape index (κ1) is 12.7. The second-order valence-electron chi connectivity index (χ2n) is 3.74. The molecule has 0 bridgehead atoms. The molecule has 1 aromatic heterocycles. The summed E-state index contributed by atoms with van der Waals surface area (Å²) in [7, 11) is 3.34. The maximum Gasteiger partial charge on any atom is 0.169 e. The maximum absolute atomic E-state index is 8.84. The van der Waals surface area contributed by atoms with Gasteiger partial charge in [0.05, 0.1) is 36.8 Å². The zero-order chi connectivity index (χ0) is 13.7. The summed E-state index contributed by atoms with van der Waals surface area (Å²) in [4.78, 5) is 4.06. The molecular weight excluding hydrogens is 242 g/mol. The van der Waals surface area contributed by atoms with E-state index in [1.165, 1.54) is 7.11 Å². The van der Waals surface area contributed by atoms with E-state index in [4.69, 9.17) is 14.7 Å². The normalized spacial score (nSPS) is 9.53. The molecule has 0 amide bonds. The largest absolute Gasteiger partial charge is 0.493 e. The second-order valence-corrected chi connectivity index (χ2v) is 3.74. The van der Waals surface area contributed by atoms with E-state index in [2.05, 4.69) is 16.4 Å². The Bertz CT molecular complexity index is 620. The fraction of sp³-hybridized carbons (Fsp3) is 0.143. The third-order valence-corrected chi connectivity index (χ3v) is 2.52. The molecule has 0 radical (unpaired) electrons. The number of pyridine rings is 1. The number of nitriles is 1. The number of methoxy groups -OCH3 is 1. The number of nitrogens with one attached hydrogen (secondary N) is 1. The van der Waals surface area contributed by atoms with E-state index in [-0.39, 0.29) is 0 Å². The Morgan fingerprint density at radius 3 is 2.74 bits per heavy atom. The minimum absolute atomic E-state index is 0.508. The molecule has 2 aromatic rings. The Morgan fingerprint density at radius 2 is 2.05 bits per heavy atom. The zero-order valence-electron chi connectivity index (χ0n) is 10.7. The average Bonchev–Trinajstić information content (AvgIpc) is 2.48. The molecule has 96 valence electrons. The summed E-state index contributed by atoms with van der Waals surface area (Å²) in [5.41, 5.74) is 1.37. The summed E-state index contributed by atoms with van der Waals surface area (Å²) < 4.78 is 10.9. The lowest BCUT2D eigenvalue weighted by Crippen LogP contribution is -1.93. The van der Waals surface area contributed by atoms with Gasteiger partial charge in [0.2, 0.25) is 0 Å². The molecule has 19 heavy (non-hydrogen) atoms. The molecule has 0 fully saturated rings. The molecule has 0 aliphatic heterocycles. The minimum atomic E-state index is 0.508. The van der Waals surface area contributed by atoms with Gasteiger partial charge in [0.15, 0.2) is 11.5 Å². The highest BCUT2D eigenvalue weighted by atomic mass is 16.5. The zero-order valence-corrected chi connectivity index (χ0v) is 10.7. The lowest BCUT2D eigenvalue weighted by atomic mass is 10.2. The van der Waals surface area contributed by atoms with Gasteiger partial charge in [-0.3, -0.25) is 4.98 Å². The Labute approximate surface area is 111 Å². The third-order valence-electron chi connectivity index (χ3n) is 2.52. The SMILES string of the molecule is CNc1cncc(Oc2ccc(C#N)cc2OC)c1. The first-order valence-electron chi connectivity index (χ1n) is 5.65. The van der Waals surface area contributed by atoms with Gasteiger partial charge in [-0.2, -0.15) is 5.26 Å². The van der Waals surface area contributed by atoms with Gasteiger partial charge in [0.25, 0.3) is 0 Å². The Morgan fingerprint density at radius 1 is 1.21 bits per heavy atom. The van der Waals surface area contributed by atoms with Gasteiger partial charge in [-0.1, -0.05) is 0 Å². The number of anilines is 1. The number of hydrogen-bond donors (Lipinski definition) is 1. The predicted molar refractivity (Wildman–Crippen MR) is 71.6 cm³/mol. The van der Waals surface area contributed by atoms with Crippen LogP contribution >= 0.6 is 0 Å². The van der Waals surface area contributed by atoms with Crippen LogP contribution in [0.15, 0.2) is 36.7 Å². The summed E-state index contributed by atoms with van der Waals surface area (Å²) in [5, 5.41) is 11.8. The van der Waals surface area contributed by atoms with Crippen LogP contribution in [0.5, 0.6) is 17.2 Å². The standard InChI is InChI=1S/C14H13N3O2/c1-16-11-6-12(9-17-8-11)19-13-4-3-10(7-15)5-14(13)18-2/h3-6,8-9,16H,1-2H3. The minimum Gasteiger partial charge on any atom is -0.493 e. The van der Waals surface area contributed by atoms with E-state index >= 15 is 0 Å². The van der Waals surface area contributed by atoms with Gasteiger partial charge in [-0.15, -0.1) is 0 Å². The Hall–Kier alpha value is -2.74. The highest BCUT2D eigenvalue weighted by Gasteiger charge is 2.07. The smallest absolute Gasteiger partial charge is 0.169 e. The summed E-state index contributed by atoms with van der Waals surface area (Å²) >= 11 is 0. The molecule has 5 heteroatoms. The van der Waals surface area contributed by atoms with Crippen LogP contribution in [0.4, 0.5) is 5.69 Å². The number of aromatic nitrogens is 1. The predicted octanol–water partition coefficient (Wildman–Crippen LogP) is 2.80. The first-order valence-corrected chi connectivity index (χ1v) is 5.65. The monoisotopic (exact) mass is 255 g/mol. The summed E-state index contributed by atoms with van der Waals surface area (Å²) in [6.07, 6.45) is 3.31. The van der Waals surface area contributed by atoms with Crippen LogP contribution in [0.25, 0.3) is 0 Å². The van der Waals surface area contributed by atoms with Crippen molar-refractivity contribution in [2.75, 3.05) is 19.5 Å². The maximum atomic E-state index is 8.84. The van der Waals surface area contributed by atoms with E-state index in [1.54, 1.807) is 30.6 Å². The average molecular weight is 255 g/mol. The van der Waals surface area contributed by atoms with Crippen LogP contribution in [-0.2, 0) is 0 Å². The molecule has 0 aliphatic rings. The molecule has 0 saturated heterocycles. The molecule has 1 heterocycles. The summed E-state index contributed by atoms with van der Waals surface area (Å²) in [6, 6.07) is 8.88. The molecule has 5 nitrogen and oxygen atoms in total. The molecule has 2 rings (SSSR count). The van der Waals surface area contributed by atoms with Crippen molar-refractivity contribution in [1.29, 1.82) is 5.26 Å². The second kappa shape index (κ2) is 5.74. The van der Waals surface area contributed by atoms with Crippen molar-refractivity contribution in [2.45, 2.75) is 0 Å². The van der Waals surface area contributed by atoms with Crippen LogP contribution in [0.3, 0.4) is 0 Å². The van der Waals surface area contributed by atoms with E-state index in [0.717, 1.165) is 5.69 Å². The van der Waals surface area contributed by atoms with E-state index in [1.807, 2.05) is 13.1 Å². The van der Waals surface area contributed by atoms with Gasteiger partial charge >= 0.3 is 0 Å². The highest BCUT2D eigenvalue weighted by molar-refractivity contribution is 5.50. The van der Waals surface area contributed by atoms with Gasteiger partial charge in [-0.25, -0.2) is 0 Å². The van der Waals surface area contributed by atoms with Crippen molar-refractivity contribution in [3.8, 4) is 23.3 Å². The van der Waals surface area contributed by atoms with Gasteiger partial charge in [0.1, 0.15) is 5.75 Å². The van der Waals surface area contributed by atoms with Crippen LogP contribution in [-0.4, -0.2) is 19.1 Å².